The third kappa shape index (κ3) is 2.28. The van der Waals surface area contributed by atoms with E-state index in [0.29, 0.717) is 0 Å². The smallest absolute Gasteiger partial charge is 0.313 e. The number of halogens is 2. The number of hydrogen-bond acceptors (Lipinski definition) is 4. The Hall–Kier alpha value is -1.71. The quantitative estimate of drug-likeness (QED) is 0.478. The van der Waals surface area contributed by atoms with Crippen LogP contribution in [0.3, 0.4) is 0 Å². The van der Waals surface area contributed by atoms with Crippen LogP contribution in [0.4, 0.5) is 10.1 Å². The van der Waals surface area contributed by atoms with Gasteiger partial charge >= 0.3 is 5.69 Å². The second-order valence-corrected chi connectivity index (χ2v) is 4.58. The average molecular weight is 363 g/mol. The van der Waals surface area contributed by atoms with Gasteiger partial charge in [-0.15, -0.1) is 0 Å². The Balaban J connectivity index is 2.60. The van der Waals surface area contributed by atoms with Gasteiger partial charge in [0.2, 0.25) is 0 Å². The first-order valence-corrected chi connectivity index (χ1v) is 5.83. The van der Waals surface area contributed by atoms with Gasteiger partial charge in [-0.1, -0.05) is 0 Å². The van der Waals surface area contributed by atoms with E-state index in [-0.39, 0.29) is 11.4 Å². The van der Waals surface area contributed by atoms with Gasteiger partial charge in [0.15, 0.2) is 11.6 Å². The largest absolute Gasteiger partial charge is 0.490 e. The van der Waals surface area contributed by atoms with E-state index in [1.807, 2.05) is 22.6 Å². The lowest BCUT2D eigenvalue weighted by Gasteiger charge is -2.06. The Morgan fingerprint density at radius 1 is 1.56 bits per heavy atom. The molecule has 18 heavy (non-hydrogen) atoms. The van der Waals surface area contributed by atoms with E-state index < -0.39 is 16.4 Å². The van der Waals surface area contributed by atoms with E-state index in [9.17, 15) is 14.5 Å². The first-order chi connectivity index (χ1) is 8.52. The molecule has 0 saturated heterocycles. The van der Waals surface area contributed by atoms with Crippen molar-refractivity contribution in [2.45, 2.75) is 0 Å². The number of methoxy groups -OCH3 is 1. The lowest BCUT2D eigenvalue weighted by Crippen LogP contribution is -2.02. The highest BCUT2D eigenvalue weighted by molar-refractivity contribution is 14.1. The molecular weight excluding hydrogens is 356 g/mol. The number of nitro benzene ring substituents is 1. The summed E-state index contributed by atoms with van der Waals surface area (Å²) < 4.78 is 20.8. The van der Waals surface area contributed by atoms with Crippen molar-refractivity contribution in [3.63, 3.8) is 0 Å². The van der Waals surface area contributed by atoms with Crippen LogP contribution in [0, 0.1) is 19.5 Å². The molecule has 0 atom stereocenters. The first kappa shape index (κ1) is 12.7. The fourth-order valence-electron chi connectivity index (χ4n) is 1.45. The average Bonchev–Trinajstić information content (AvgIpc) is 2.75. The van der Waals surface area contributed by atoms with Crippen molar-refractivity contribution in [1.29, 1.82) is 0 Å². The SMILES string of the molecule is COc1cc(-n2cc(I)cn2)c(F)cc1[N+](=O)[O-]. The summed E-state index contributed by atoms with van der Waals surface area (Å²) in [6, 6.07) is 2.07. The number of benzene rings is 1. The Morgan fingerprint density at radius 2 is 2.28 bits per heavy atom. The Kier molecular flexibility index (Phi) is 3.45. The van der Waals surface area contributed by atoms with E-state index >= 15 is 0 Å². The molecule has 0 unspecified atom stereocenters. The molecule has 1 aromatic carbocycles. The molecule has 0 spiro atoms. The molecule has 0 radical (unpaired) electrons. The molecule has 0 aliphatic heterocycles. The number of nitrogens with zero attached hydrogens (tertiary/aromatic N) is 3. The maximum absolute atomic E-state index is 13.8. The molecule has 0 bridgehead atoms. The number of hydrogen-bond donors (Lipinski definition) is 0. The number of aromatic nitrogens is 2. The highest BCUT2D eigenvalue weighted by atomic mass is 127. The van der Waals surface area contributed by atoms with Crippen LogP contribution in [0.15, 0.2) is 24.5 Å². The summed E-state index contributed by atoms with van der Waals surface area (Å²) in [4.78, 5) is 10.0. The summed E-state index contributed by atoms with van der Waals surface area (Å²) in [7, 11) is 1.29. The zero-order chi connectivity index (χ0) is 13.3. The van der Waals surface area contributed by atoms with E-state index in [4.69, 9.17) is 4.74 Å². The minimum absolute atomic E-state index is 0.0121. The minimum Gasteiger partial charge on any atom is -0.490 e. The lowest BCUT2D eigenvalue weighted by molar-refractivity contribution is -0.385. The van der Waals surface area contributed by atoms with Gasteiger partial charge < -0.3 is 4.74 Å². The Morgan fingerprint density at radius 3 is 2.78 bits per heavy atom. The highest BCUT2D eigenvalue weighted by Crippen LogP contribution is 2.31. The first-order valence-electron chi connectivity index (χ1n) is 4.75. The third-order valence-corrected chi connectivity index (χ3v) is 2.80. The van der Waals surface area contributed by atoms with E-state index in [0.717, 1.165) is 9.64 Å². The molecular formula is C10H7FIN3O3. The predicted molar refractivity (Wildman–Crippen MR) is 69.4 cm³/mol. The third-order valence-electron chi connectivity index (χ3n) is 2.24. The monoisotopic (exact) mass is 363 g/mol. The van der Waals surface area contributed by atoms with Crippen molar-refractivity contribution < 1.29 is 14.1 Å². The van der Waals surface area contributed by atoms with Gasteiger partial charge in [0, 0.05) is 12.3 Å². The minimum atomic E-state index is -0.734. The normalized spacial score (nSPS) is 10.4. The molecule has 8 heteroatoms. The molecule has 2 aromatic rings. The Labute approximate surface area is 115 Å². The maximum atomic E-state index is 13.8. The van der Waals surface area contributed by atoms with Gasteiger partial charge in [-0.2, -0.15) is 5.10 Å². The van der Waals surface area contributed by atoms with Gasteiger partial charge in [-0.3, -0.25) is 10.1 Å². The summed E-state index contributed by atoms with van der Waals surface area (Å²) in [5.41, 5.74) is -0.319. The maximum Gasteiger partial charge on any atom is 0.313 e. The van der Waals surface area contributed by atoms with Gasteiger partial charge in [-0.05, 0) is 22.6 Å². The molecule has 0 fully saturated rings. The summed E-state index contributed by atoms with van der Waals surface area (Å²) in [5, 5.41) is 14.7. The molecule has 2 rings (SSSR count). The zero-order valence-electron chi connectivity index (χ0n) is 9.13. The van der Waals surface area contributed by atoms with Crippen molar-refractivity contribution in [2.75, 3.05) is 7.11 Å². The van der Waals surface area contributed by atoms with Crippen molar-refractivity contribution in [1.82, 2.24) is 9.78 Å². The summed E-state index contributed by atoms with van der Waals surface area (Å²) >= 11 is 2.03. The summed E-state index contributed by atoms with van der Waals surface area (Å²) in [5.74, 6) is -0.746. The van der Waals surface area contributed by atoms with Crippen LogP contribution in [-0.2, 0) is 0 Å². The van der Waals surface area contributed by atoms with Crippen molar-refractivity contribution >= 4 is 28.3 Å². The van der Waals surface area contributed by atoms with Crippen LogP contribution < -0.4 is 4.74 Å². The van der Waals surface area contributed by atoms with Crippen molar-refractivity contribution in [3.05, 3.63) is 44.0 Å². The van der Waals surface area contributed by atoms with Gasteiger partial charge in [0.1, 0.15) is 5.69 Å². The molecule has 1 heterocycles. The van der Waals surface area contributed by atoms with Crippen LogP contribution in [-0.4, -0.2) is 21.8 Å². The van der Waals surface area contributed by atoms with Gasteiger partial charge in [0.05, 0.1) is 27.9 Å². The van der Waals surface area contributed by atoms with Gasteiger partial charge in [-0.25, -0.2) is 9.07 Å². The molecule has 6 nitrogen and oxygen atoms in total. The summed E-state index contributed by atoms with van der Waals surface area (Å²) in [6.45, 7) is 0. The lowest BCUT2D eigenvalue weighted by atomic mass is 10.2. The second kappa shape index (κ2) is 4.88. The molecule has 0 aliphatic carbocycles. The molecule has 1 aromatic heterocycles. The fourth-order valence-corrected chi connectivity index (χ4v) is 1.83. The van der Waals surface area contributed by atoms with Gasteiger partial charge in [0.25, 0.3) is 0 Å². The molecule has 0 N–H and O–H groups in total. The molecule has 0 amide bonds. The highest BCUT2D eigenvalue weighted by Gasteiger charge is 2.20. The predicted octanol–water partition coefficient (Wildman–Crippen LogP) is 2.53. The van der Waals surface area contributed by atoms with E-state index in [2.05, 4.69) is 5.10 Å². The van der Waals surface area contributed by atoms with Crippen LogP contribution in [0.25, 0.3) is 5.69 Å². The molecule has 0 aliphatic rings. The van der Waals surface area contributed by atoms with Crippen LogP contribution >= 0.6 is 22.6 Å². The topological polar surface area (TPSA) is 70.2 Å². The van der Waals surface area contributed by atoms with E-state index in [1.54, 1.807) is 12.4 Å². The second-order valence-electron chi connectivity index (χ2n) is 3.34. The van der Waals surface area contributed by atoms with Crippen LogP contribution in [0.5, 0.6) is 5.75 Å². The van der Waals surface area contributed by atoms with Crippen molar-refractivity contribution in [3.8, 4) is 11.4 Å². The Bertz CT molecular complexity index is 614. The number of nitro groups is 1. The fraction of sp³-hybridized carbons (Fsp3) is 0.100. The molecule has 94 valence electrons. The van der Waals surface area contributed by atoms with E-state index in [1.165, 1.54) is 17.9 Å². The zero-order valence-corrected chi connectivity index (χ0v) is 11.3. The number of ether oxygens (including phenoxy) is 1. The standard InChI is InChI=1S/C10H7FIN3O3/c1-18-10-3-8(14-5-6(12)4-13-14)7(11)2-9(10)15(16)17/h2-5H,1H3. The van der Waals surface area contributed by atoms with Crippen molar-refractivity contribution in [2.24, 2.45) is 0 Å². The number of rotatable bonds is 3. The summed E-state index contributed by atoms with van der Waals surface area (Å²) in [6.07, 6.45) is 3.15. The molecule has 0 saturated carbocycles. The van der Waals surface area contributed by atoms with Crippen LogP contribution in [0.2, 0.25) is 0 Å². The van der Waals surface area contributed by atoms with Crippen LogP contribution in [0.1, 0.15) is 0 Å².